The first-order valence-electron chi connectivity index (χ1n) is 20.9. The molecule has 4 heteroatoms. The number of hydrogen-bond acceptors (Lipinski definition) is 2. The van der Waals surface area contributed by atoms with Gasteiger partial charge >= 0.3 is 0 Å². The van der Waals surface area contributed by atoms with Gasteiger partial charge in [-0.05, 0) is 125 Å². The van der Waals surface area contributed by atoms with Crippen molar-refractivity contribution in [3.63, 3.8) is 0 Å². The predicted octanol–water partition coefficient (Wildman–Crippen LogP) is 11.8. The van der Waals surface area contributed by atoms with E-state index in [-0.39, 0.29) is 23.0 Å². The van der Waals surface area contributed by atoms with E-state index >= 15 is 0 Å². The number of hydrogen-bond donors (Lipinski definition) is 0. The lowest BCUT2D eigenvalue weighted by molar-refractivity contribution is 0.320. The Morgan fingerprint density at radius 2 is 1.24 bits per heavy atom. The Balaban J connectivity index is 1.36. The maximum atomic E-state index is 2.70. The molecule has 1 saturated carbocycles. The van der Waals surface area contributed by atoms with Gasteiger partial charge in [0, 0.05) is 51.6 Å². The zero-order chi connectivity index (χ0) is 38.6. The molecule has 280 valence electrons. The Morgan fingerprint density at radius 1 is 0.673 bits per heavy atom. The molecule has 1 aromatic heterocycles. The predicted molar refractivity (Wildman–Crippen MR) is 239 cm³/mol. The minimum absolute atomic E-state index is 0.0764. The van der Waals surface area contributed by atoms with Gasteiger partial charge in [0.2, 0.25) is 0 Å². The highest BCUT2D eigenvalue weighted by Gasteiger charge is 2.44. The van der Waals surface area contributed by atoms with E-state index < -0.39 is 0 Å². The average molecular weight is 724 g/mol. The topological polar surface area (TPSA) is 11.4 Å². The highest BCUT2D eigenvalue weighted by atomic mass is 15.2. The van der Waals surface area contributed by atoms with E-state index in [1.807, 2.05) is 0 Å². The lowest BCUT2D eigenvalue weighted by Gasteiger charge is -2.45. The molecular formula is C51H58BN3. The fourth-order valence-corrected chi connectivity index (χ4v) is 10.4. The maximum absolute atomic E-state index is 2.70. The Hall–Kier alpha value is -4.70. The van der Waals surface area contributed by atoms with Crippen LogP contribution in [-0.4, -0.2) is 17.8 Å². The quantitative estimate of drug-likeness (QED) is 0.164. The fourth-order valence-electron chi connectivity index (χ4n) is 10.4. The van der Waals surface area contributed by atoms with Gasteiger partial charge < -0.3 is 14.4 Å². The Bertz CT molecular complexity index is 2390. The van der Waals surface area contributed by atoms with Gasteiger partial charge in [-0.1, -0.05) is 128 Å². The summed E-state index contributed by atoms with van der Waals surface area (Å²) in [6.45, 7) is 24.4. The summed E-state index contributed by atoms with van der Waals surface area (Å²) in [6, 6.07) is 38.0. The largest absolute Gasteiger partial charge is 0.342 e. The first-order chi connectivity index (χ1) is 26.2. The molecule has 9 rings (SSSR count). The number of rotatable bonds is 5. The second-order valence-electron chi connectivity index (χ2n) is 19.2. The number of aryl methyl sites for hydroxylation is 1. The van der Waals surface area contributed by atoms with Crippen molar-refractivity contribution < 1.29 is 0 Å². The first-order valence-corrected chi connectivity index (χ1v) is 20.9. The molecule has 3 nitrogen and oxygen atoms in total. The zero-order valence-corrected chi connectivity index (χ0v) is 34.9. The van der Waals surface area contributed by atoms with Crippen LogP contribution in [0, 0.1) is 13.8 Å². The molecule has 0 unspecified atom stereocenters. The molecule has 0 atom stereocenters. The molecule has 2 aliphatic heterocycles. The molecule has 1 fully saturated rings. The minimum atomic E-state index is 0.0764. The number of benzene rings is 5. The van der Waals surface area contributed by atoms with Crippen molar-refractivity contribution in [1.29, 1.82) is 0 Å². The molecule has 5 aromatic carbocycles. The van der Waals surface area contributed by atoms with Gasteiger partial charge in [0.25, 0.3) is 6.71 Å². The minimum Gasteiger partial charge on any atom is -0.342 e. The Labute approximate surface area is 330 Å². The van der Waals surface area contributed by atoms with Crippen molar-refractivity contribution >= 4 is 62.4 Å². The van der Waals surface area contributed by atoms with Crippen LogP contribution in [0.25, 0.3) is 16.6 Å². The van der Waals surface area contributed by atoms with Crippen LogP contribution in [-0.2, 0) is 16.2 Å². The summed E-state index contributed by atoms with van der Waals surface area (Å²) < 4.78 is 2.60. The van der Waals surface area contributed by atoms with E-state index in [9.17, 15) is 0 Å². The van der Waals surface area contributed by atoms with Crippen molar-refractivity contribution in [2.45, 2.75) is 118 Å². The van der Waals surface area contributed by atoms with Gasteiger partial charge in [0.05, 0.1) is 5.69 Å². The van der Waals surface area contributed by atoms with Crippen LogP contribution >= 0.6 is 0 Å². The van der Waals surface area contributed by atoms with Crippen LogP contribution < -0.4 is 26.2 Å². The maximum Gasteiger partial charge on any atom is 0.252 e. The zero-order valence-electron chi connectivity index (χ0n) is 34.9. The molecular weight excluding hydrogens is 665 g/mol. The van der Waals surface area contributed by atoms with Crippen molar-refractivity contribution in [2.75, 3.05) is 16.3 Å². The van der Waals surface area contributed by atoms with E-state index in [4.69, 9.17) is 0 Å². The standard InChI is InChI=1S/C51H58BN3/c1-11-53-44-31-39(55(37-25-21-35(22-26-37)49(4,5)6)38-27-23-36(24-28-38)50(7,8)9)32-45-46(44)52(42-19-15-17-40-33(2)34(3)54(45)47(40)42)43-20-16-18-41(48(43)53)51(10)29-13-12-14-30-51/h15-28,31-32H,11-14,29-30H2,1-10H3. The molecule has 0 radical (unpaired) electrons. The van der Waals surface area contributed by atoms with Crippen LogP contribution in [0.2, 0.25) is 0 Å². The van der Waals surface area contributed by atoms with E-state index in [0.29, 0.717) is 0 Å². The molecule has 0 amide bonds. The molecule has 3 aliphatic rings. The average Bonchev–Trinajstić information content (AvgIpc) is 3.42. The summed E-state index contributed by atoms with van der Waals surface area (Å²) >= 11 is 0. The molecule has 55 heavy (non-hydrogen) atoms. The molecule has 0 saturated heterocycles. The number of anilines is 5. The first kappa shape index (κ1) is 36.0. The van der Waals surface area contributed by atoms with Crippen molar-refractivity contribution in [3.8, 4) is 5.69 Å². The molecule has 6 aromatic rings. The van der Waals surface area contributed by atoms with Crippen molar-refractivity contribution in [1.82, 2.24) is 4.57 Å². The molecule has 1 aliphatic carbocycles. The monoisotopic (exact) mass is 723 g/mol. The van der Waals surface area contributed by atoms with Gasteiger partial charge in [-0.2, -0.15) is 0 Å². The summed E-state index contributed by atoms with van der Waals surface area (Å²) in [5.74, 6) is 0. The van der Waals surface area contributed by atoms with Crippen LogP contribution in [0.4, 0.5) is 28.4 Å². The smallest absolute Gasteiger partial charge is 0.252 e. The highest BCUT2D eigenvalue weighted by molar-refractivity contribution is 7.00. The van der Waals surface area contributed by atoms with E-state index in [2.05, 4.69) is 181 Å². The molecule has 0 N–H and O–H groups in total. The fraction of sp³-hybridized carbons (Fsp3) is 0.373. The third-order valence-corrected chi connectivity index (χ3v) is 13.6. The molecule has 0 spiro atoms. The number of para-hydroxylation sites is 2. The second-order valence-corrected chi connectivity index (χ2v) is 19.2. The summed E-state index contributed by atoms with van der Waals surface area (Å²) in [5.41, 5.74) is 20.6. The van der Waals surface area contributed by atoms with Gasteiger partial charge in [0.1, 0.15) is 0 Å². The lowest BCUT2D eigenvalue weighted by atomic mass is 9.33. The third-order valence-electron chi connectivity index (χ3n) is 13.6. The van der Waals surface area contributed by atoms with Crippen LogP contribution in [0.1, 0.15) is 115 Å². The molecule has 0 bridgehead atoms. The van der Waals surface area contributed by atoms with E-state index in [1.54, 1.807) is 0 Å². The summed E-state index contributed by atoms with van der Waals surface area (Å²) in [7, 11) is 0. The SMILES string of the molecule is CCN1c2cc(N(c3ccc(C(C)(C)C)cc3)c3ccc(C(C)(C)C)cc3)cc3c2B(c2cccc(C4(C)CCCCC4)c21)c1cccc2c(C)c(C)n-3c12. The Kier molecular flexibility index (Phi) is 8.28. The van der Waals surface area contributed by atoms with Crippen molar-refractivity contribution in [3.05, 3.63) is 125 Å². The van der Waals surface area contributed by atoms with E-state index in [1.165, 1.54) is 121 Å². The number of aromatic nitrogens is 1. The lowest BCUT2D eigenvalue weighted by Crippen LogP contribution is -2.61. The second kappa shape index (κ2) is 12.7. The summed E-state index contributed by atoms with van der Waals surface area (Å²) in [6.07, 6.45) is 6.47. The van der Waals surface area contributed by atoms with Gasteiger partial charge in [-0.15, -0.1) is 0 Å². The van der Waals surface area contributed by atoms with Crippen molar-refractivity contribution in [2.24, 2.45) is 0 Å². The third kappa shape index (κ3) is 5.53. The highest BCUT2D eigenvalue weighted by Crippen LogP contribution is 2.48. The normalized spacial score (nSPS) is 16.0. The van der Waals surface area contributed by atoms with Gasteiger partial charge in [0.15, 0.2) is 0 Å². The summed E-state index contributed by atoms with van der Waals surface area (Å²) in [4.78, 5) is 5.20. The number of nitrogens with zero attached hydrogens (tertiary/aromatic N) is 3. The van der Waals surface area contributed by atoms with E-state index in [0.717, 1.165) is 6.54 Å². The Morgan fingerprint density at radius 3 is 1.82 bits per heavy atom. The van der Waals surface area contributed by atoms with Crippen LogP contribution in [0.5, 0.6) is 0 Å². The molecule has 3 heterocycles. The number of fused-ring (bicyclic) bond motifs is 4. The van der Waals surface area contributed by atoms with Gasteiger partial charge in [-0.25, -0.2) is 0 Å². The van der Waals surface area contributed by atoms with Gasteiger partial charge in [-0.3, -0.25) is 0 Å². The van der Waals surface area contributed by atoms with Crippen LogP contribution in [0.15, 0.2) is 97.1 Å². The summed E-state index contributed by atoms with van der Waals surface area (Å²) in [5, 5.41) is 1.37. The van der Waals surface area contributed by atoms with Crippen LogP contribution in [0.3, 0.4) is 0 Å².